The molecule has 0 unspecified atom stereocenters. The third-order valence-electron chi connectivity index (χ3n) is 15.7. The number of nitrogens with zero attached hydrogens (tertiary/aromatic N) is 4. The topological polar surface area (TPSA) is 155 Å². The quantitative estimate of drug-likeness (QED) is 0.131. The smallest absolute Gasteiger partial charge is 0.407 e. The van der Waals surface area contributed by atoms with Crippen LogP contribution in [-0.4, -0.2) is 99.3 Å². The van der Waals surface area contributed by atoms with E-state index >= 15 is 0 Å². The van der Waals surface area contributed by atoms with Crippen molar-refractivity contribution >= 4 is 50.7 Å². The highest BCUT2D eigenvalue weighted by molar-refractivity contribution is 5.93. The zero-order chi connectivity index (χ0) is 43.2. The molecule has 4 aliphatic heterocycles. The maximum Gasteiger partial charge on any atom is 0.407 e. The molecule has 6 heterocycles. The van der Waals surface area contributed by atoms with Gasteiger partial charge in [-0.05, 0) is 144 Å². The average Bonchev–Trinajstić information content (AvgIpc) is 4.00. The van der Waals surface area contributed by atoms with Gasteiger partial charge in [0.15, 0.2) is 0 Å². The van der Waals surface area contributed by atoms with Crippen LogP contribution in [0.2, 0.25) is 0 Å². The first-order valence-corrected chi connectivity index (χ1v) is 23.5. The van der Waals surface area contributed by atoms with Crippen molar-refractivity contribution < 1.29 is 28.6 Å². The number of benzene rings is 4. The number of ether oxygens (including phenoxy) is 3. The van der Waals surface area contributed by atoms with Crippen LogP contribution in [0, 0.1) is 29.6 Å². The number of imidazole rings is 2. The van der Waals surface area contributed by atoms with Crippen molar-refractivity contribution in [2.45, 2.75) is 88.5 Å². The molecule has 0 radical (unpaired) electrons. The molecular formula is C51H55N7O6. The summed E-state index contributed by atoms with van der Waals surface area (Å²) in [5, 5.41) is 5.18. The fourth-order valence-electron chi connectivity index (χ4n) is 11.8. The number of fused-ring (bicyclic) bond motifs is 5. The third-order valence-corrected chi connectivity index (χ3v) is 15.7. The van der Waals surface area contributed by atoms with Crippen LogP contribution in [-0.2, 0) is 23.8 Å². The lowest BCUT2D eigenvalue weighted by Gasteiger charge is -2.35. The van der Waals surface area contributed by atoms with Crippen molar-refractivity contribution in [3.05, 3.63) is 84.4 Å². The van der Waals surface area contributed by atoms with Gasteiger partial charge in [0, 0.05) is 44.4 Å². The molecule has 0 spiro atoms. The molecule has 4 aromatic carbocycles. The lowest BCUT2D eigenvalue weighted by molar-refractivity contribution is -0.140. The van der Waals surface area contributed by atoms with Gasteiger partial charge < -0.3 is 39.3 Å². The van der Waals surface area contributed by atoms with E-state index in [0.29, 0.717) is 49.9 Å². The fourth-order valence-corrected chi connectivity index (χ4v) is 11.8. The highest BCUT2D eigenvalue weighted by Crippen LogP contribution is 2.55. The Hall–Kier alpha value is -5.79. The van der Waals surface area contributed by atoms with Gasteiger partial charge in [-0.1, -0.05) is 43.3 Å². The van der Waals surface area contributed by atoms with Gasteiger partial charge in [-0.15, -0.1) is 0 Å². The Morgan fingerprint density at radius 1 is 0.641 bits per heavy atom. The fraction of sp³-hybridized carbons (Fsp3) is 0.471. The van der Waals surface area contributed by atoms with Crippen molar-refractivity contribution in [3.63, 3.8) is 0 Å². The number of nitrogens with one attached hydrogen (secondary N) is 3. The Labute approximate surface area is 371 Å². The van der Waals surface area contributed by atoms with E-state index in [4.69, 9.17) is 24.2 Å². The van der Waals surface area contributed by atoms with E-state index in [1.807, 2.05) is 4.90 Å². The summed E-state index contributed by atoms with van der Waals surface area (Å²) in [5.74, 6) is 3.30. The normalized spacial score (nSPS) is 26.5. The summed E-state index contributed by atoms with van der Waals surface area (Å²) in [6.45, 7) is 4.77. The van der Waals surface area contributed by atoms with E-state index in [0.717, 1.165) is 118 Å². The molecule has 3 N–H and O–H groups in total. The minimum Gasteiger partial charge on any atom is -0.453 e. The zero-order valence-corrected chi connectivity index (χ0v) is 36.4. The number of H-pyrrole nitrogens is 2. The highest BCUT2D eigenvalue weighted by atomic mass is 16.5. The number of aromatic nitrogens is 4. The lowest BCUT2D eigenvalue weighted by Crippen LogP contribution is -2.54. The number of hydrogen-bond donors (Lipinski definition) is 3. The van der Waals surface area contributed by atoms with Crippen LogP contribution in [0.5, 0.6) is 0 Å². The van der Waals surface area contributed by atoms with E-state index < -0.39 is 12.1 Å². The zero-order valence-electron chi connectivity index (χ0n) is 36.4. The summed E-state index contributed by atoms with van der Waals surface area (Å²) in [6.07, 6.45) is 6.67. The minimum atomic E-state index is -0.666. The van der Waals surface area contributed by atoms with Gasteiger partial charge in [-0.25, -0.2) is 14.8 Å². The second kappa shape index (κ2) is 15.7. The second-order valence-electron chi connectivity index (χ2n) is 19.4. The predicted octanol–water partition coefficient (Wildman–Crippen LogP) is 8.46. The number of hydrogen-bond acceptors (Lipinski definition) is 8. The standard InChI is InChI=1S/C51H55N7O6/c1-27(28-11-15-63-16-12-28)49(59)57-42-23-36(42)25-44(57)47-52-38-9-7-34(21-40(38)54-47)32-5-3-31-20-33(6-4-30(31)19-32)35-8-10-39-41(22-35)55-48(53-39)45-26-37-24-43(37)58(45)50(60)46(56-51(61)62-2)29-13-17-64-18-14-29/h3-10,19-22,27-29,36-37,42-46H,11-18,23-26H2,1-2H3,(H,52,54)(H,53,55)(H,56,61)/t27-,36+,37+,42+,43+,44-,45-,46-/m0/s1. The van der Waals surface area contributed by atoms with Crippen LogP contribution >= 0.6 is 0 Å². The first kappa shape index (κ1) is 39.8. The van der Waals surface area contributed by atoms with Gasteiger partial charge in [0.2, 0.25) is 11.8 Å². The van der Waals surface area contributed by atoms with Crippen LogP contribution in [0.1, 0.15) is 82.0 Å². The summed E-state index contributed by atoms with van der Waals surface area (Å²) in [6, 6.07) is 25.6. The van der Waals surface area contributed by atoms with Gasteiger partial charge in [-0.3, -0.25) is 9.59 Å². The molecule has 3 amide bonds. The van der Waals surface area contributed by atoms with E-state index in [-0.39, 0.29) is 41.8 Å². The largest absolute Gasteiger partial charge is 0.453 e. The summed E-state index contributed by atoms with van der Waals surface area (Å²) < 4.78 is 16.1. The Morgan fingerprint density at radius 3 is 1.62 bits per heavy atom. The average molecular weight is 862 g/mol. The molecule has 8 atom stereocenters. The number of carbonyl (C=O) groups is 3. The number of piperidine rings is 2. The molecule has 12 rings (SSSR count). The Balaban J connectivity index is 0.766. The molecule has 6 fully saturated rings. The number of alkyl carbamates (subject to hydrolysis) is 1. The van der Waals surface area contributed by atoms with Crippen molar-refractivity contribution in [2.75, 3.05) is 33.5 Å². The first-order chi connectivity index (χ1) is 31.3. The molecular weight excluding hydrogens is 807 g/mol. The SMILES string of the molecule is COC(=O)N[C@H](C(=O)N1[C@@H]2C[C@@H]2C[C@H]1c1nc2ccc(-c3ccc4cc(-c5ccc6nc([C@@H]7C[C@H]8C[C@H]8N7C(=O)[C@@H](C)C7CCOCC7)[nH]c6c5)ccc4c3)cc2[nH]1)C1CCOCC1. The number of likely N-dealkylation sites (tertiary alicyclic amines) is 2. The predicted molar refractivity (Wildman–Crippen MR) is 242 cm³/mol. The van der Waals surface area contributed by atoms with E-state index in [1.54, 1.807) is 0 Å². The Kier molecular flexibility index (Phi) is 9.77. The molecule has 64 heavy (non-hydrogen) atoms. The Bertz CT molecular complexity index is 2810. The van der Waals surface area contributed by atoms with Crippen molar-refractivity contribution in [1.82, 2.24) is 35.1 Å². The van der Waals surface area contributed by atoms with Crippen molar-refractivity contribution in [1.29, 1.82) is 0 Å². The molecule has 13 heteroatoms. The van der Waals surface area contributed by atoms with Crippen molar-refractivity contribution in [3.8, 4) is 22.3 Å². The maximum absolute atomic E-state index is 14.3. The maximum atomic E-state index is 14.3. The van der Waals surface area contributed by atoms with E-state index in [1.165, 1.54) is 7.11 Å². The number of amides is 3. The minimum absolute atomic E-state index is 0.000866. The molecule has 2 aliphatic carbocycles. The van der Waals surface area contributed by atoms with Gasteiger partial charge in [-0.2, -0.15) is 0 Å². The van der Waals surface area contributed by atoms with Gasteiger partial charge >= 0.3 is 6.09 Å². The Morgan fingerprint density at radius 2 is 1.11 bits per heavy atom. The molecule has 4 saturated heterocycles. The summed E-state index contributed by atoms with van der Waals surface area (Å²) in [4.78, 5) is 62.2. The molecule has 2 aromatic heterocycles. The summed E-state index contributed by atoms with van der Waals surface area (Å²) in [7, 11) is 1.33. The number of aromatic amines is 2. The van der Waals surface area contributed by atoms with Gasteiger partial charge in [0.05, 0.1) is 41.3 Å². The monoisotopic (exact) mass is 861 g/mol. The summed E-state index contributed by atoms with van der Waals surface area (Å²) >= 11 is 0. The van der Waals surface area contributed by atoms with Crippen LogP contribution in [0.15, 0.2) is 72.8 Å². The lowest BCUT2D eigenvalue weighted by atomic mass is 9.86. The van der Waals surface area contributed by atoms with Gasteiger partial charge in [0.25, 0.3) is 0 Å². The summed E-state index contributed by atoms with van der Waals surface area (Å²) in [5.41, 5.74) is 8.13. The number of rotatable bonds is 9. The van der Waals surface area contributed by atoms with Gasteiger partial charge in [0.1, 0.15) is 17.7 Å². The van der Waals surface area contributed by atoms with Crippen molar-refractivity contribution in [2.24, 2.45) is 29.6 Å². The number of methoxy groups -OCH3 is 1. The molecule has 13 nitrogen and oxygen atoms in total. The van der Waals surface area contributed by atoms with Crippen LogP contribution in [0.3, 0.4) is 0 Å². The van der Waals surface area contributed by atoms with Crippen LogP contribution in [0.25, 0.3) is 55.1 Å². The van der Waals surface area contributed by atoms with E-state index in [2.05, 4.69) is 99.9 Å². The molecule has 6 aliphatic rings. The first-order valence-electron chi connectivity index (χ1n) is 23.5. The molecule has 330 valence electrons. The molecule has 0 bridgehead atoms. The molecule has 2 saturated carbocycles. The second-order valence-corrected chi connectivity index (χ2v) is 19.4. The van der Waals surface area contributed by atoms with E-state index in [9.17, 15) is 14.4 Å². The van der Waals surface area contributed by atoms with Crippen LogP contribution < -0.4 is 5.32 Å². The third kappa shape index (κ3) is 7.02. The number of carbonyl (C=O) groups excluding carboxylic acids is 3. The highest BCUT2D eigenvalue weighted by Gasteiger charge is 2.57. The molecule has 6 aromatic rings. The van der Waals surface area contributed by atoms with Crippen LogP contribution in [0.4, 0.5) is 4.79 Å².